The number of hydrogen-bond donors (Lipinski definition) is 0. The quantitative estimate of drug-likeness (QED) is 0.655. The molecule has 7 nitrogen and oxygen atoms in total. The molecule has 190 valence electrons. The van der Waals surface area contributed by atoms with Crippen LogP contribution in [0.15, 0.2) is 36.7 Å². The molecule has 7 heteroatoms. The average Bonchev–Trinajstić information content (AvgIpc) is 3.27. The summed E-state index contributed by atoms with van der Waals surface area (Å²) >= 11 is 0. The van der Waals surface area contributed by atoms with Crippen molar-refractivity contribution >= 4 is 17.5 Å². The zero-order valence-electron chi connectivity index (χ0n) is 21.5. The van der Waals surface area contributed by atoms with Gasteiger partial charge in [0.1, 0.15) is 6.54 Å². The summed E-state index contributed by atoms with van der Waals surface area (Å²) in [5.41, 5.74) is 3.37. The molecule has 2 aliphatic rings. The highest BCUT2D eigenvalue weighted by atomic mass is 16.2. The molecule has 0 radical (unpaired) electrons. The number of benzene rings is 1. The molecule has 35 heavy (non-hydrogen) atoms. The van der Waals surface area contributed by atoms with Crippen LogP contribution >= 0.6 is 0 Å². The molecule has 2 amide bonds. The summed E-state index contributed by atoms with van der Waals surface area (Å²) in [4.78, 5) is 31.9. The van der Waals surface area contributed by atoms with Crippen LogP contribution in [0, 0.1) is 6.92 Å². The number of likely N-dealkylation sites (tertiary alicyclic amines) is 1. The Labute approximate surface area is 210 Å². The number of aryl methyl sites for hydroxylation is 1. The maximum atomic E-state index is 12.8. The van der Waals surface area contributed by atoms with Gasteiger partial charge in [0, 0.05) is 51.0 Å². The Hall–Kier alpha value is -2.67. The minimum Gasteiger partial charge on any atom is -0.341 e. The van der Waals surface area contributed by atoms with Crippen LogP contribution in [-0.2, 0) is 22.7 Å². The van der Waals surface area contributed by atoms with Crippen LogP contribution in [0.1, 0.15) is 69.4 Å². The number of aromatic nitrogens is 2. The van der Waals surface area contributed by atoms with Gasteiger partial charge >= 0.3 is 0 Å². The summed E-state index contributed by atoms with van der Waals surface area (Å²) < 4.78 is 1.74. The summed E-state index contributed by atoms with van der Waals surface area (Å²) in [6.07, 6.45) is 12.9. The molecule has 2 aromatic rings. The van der Waals surface area contributed by atoms with Gasteiger partial charge in [0.2, 0.25) is 11.8 Å². The smallest absolute Gasteiger partial charge is 0.244 e. The highest BCUT2D eigenvalue weighted by Gasteiger charge is 2.28. The predicted octanol–water partition coefficient (Wildman–Crippen LogP) is 4.39. The molecule has 0 aliphatic carbocycles. The van der Waals surface area contributed by atoms with E-state index in [1.54, 1.807) is 17.8 Å². The molecule has 0 atom stereocenters. The number of carbonyl (C=O) groups excluding carboxylic acids is 2. The summed E-state index contributed by atoms with van der Waals surface area (Å²) in [6, 6.07) is 8.87. The Kier molecular flexibility index (Phi) is 8.96. The zero-order chi connectivity index (χ0) is 24.6. The van der Waals surface area contributed by atoms with Crippen LogP contribution in [0.4, 0.5) is 5.69 Å². The lowest BCUT2D eigenvalue weighted by Gasteiger charge is -2.39. The van der Waals surface area contributed by atoms with Crippen molar-refractivity contribution in [3.05, 3.63) is 47.8 Å². The van der Waals surface area contributed by atoms with Crippen LogP contribution in [0.2, 0.25) is 0 Å². The second kappa shape index (κ2) is 12.3. The molecule has 0 spiro atoms. The van der Waals surface area contributed by atoms with E-state index in [1.165, 1.54) is 37.7 Å². The van der Waals surface area contributed by atoms with Crippen molar-refractivity contribution < 1.29 is 9.59 Å². The highest BCUT2D eigenvalue weighted by Crippen LogP contribution is 2.27. The van der Waals surface area contributed by atoms with Gasteiger partial charge in [-0.15, -0.1) is 0 Å². The van der Waals surface area contributed by atoms with E-state index in [1.807, 2.05) is 29.0 Å². The first-order valence-corrected chi connectivity index (χ1v) is 13.4. The molecule has 1 aromatic carbocycles. The molecule has 2 aliphatic heterocycles. The van der Waals surface area contributed by atoms with Gasteiger partial charge in [-0.05, 0) is 56.3 Å². The Bertz CT molecular complexity index is 979. The van der Waals surface area contributed by atoms with Gasteiger partial charge in [-0.1, -0.05) is 43.9 Å². The molecular weight excluding hydrogens is 438 g/mol. The molecule has 3 heterocycles. The van der Waals surface area contributed by atoms with Crippen LogP contribution < -0.4 is 4.90 Å². The van der Waals surface area contributed by atoms with Crippen LogP contribution in [0.25, 0.3) is 0 Å². The lowest BCUT2D eigenvalue weighted by atomic mass is 10.0. The fraction of sp³-hybridized carbons (Fsp3) is 0.607. The third-order valence-corrected chi connectivity index (χ3v) is 7.51. The minimum absolute atomic E-state index is 0.123. The predicted molar refractivity (Wildman–Crippen MR) is 139 cm³/mol. The first kappa shape index (κ1) is 25.4. The van der Waals surface area contributed by atoms with Gasteiger partial charge in [-0.25, -0.2) is 0 Å². The number of para-hydroxylation sites is 1. The number of rotatable bonds is 3. The number of anilines is 1. The number of hydrogen-bond acceptors (Lipinski definition) is 4. The largest absolute Gasteiger partial charge is 0.341 e. The maximum Gasteiger partial charge on any atom is 0.244 e. The number of amides is 2. The summed E-state index contributed by atoms with van der Waals surface area (Å²) in [7, 11) is 0. The van der Waals surface area contributed by atoms with Crippen molar-refractivity contribution in [2.24, 2.45) is 0 Å². The van der Waals surface area contributed by atoms with E-state index in [4.69, 9.17) is 0 Å². The second-order valence-corrected chi connectivity index (χ2v) is 10.2. The topological polar surface area (TPSA) is 61.7 Å². The Morgan fingerprint density at radius 1 is 0.943 bits per heavy atom. The van der Waals surface area contributed by atoms with Gasteiger partial charge in [0.05, 0.1) is 6.20 Å². The standard InChI is InChI=1S/C28H41N5O2/c1-23-19-29-32(20-23)22-28(35)30-17-13-26(14-18-30)31-15-9-5-3-4-6-10-16-33(24(2)34)27-12-8-7-11-25(27)21-31/h7-8,11-12,19-20,26H,3-6,9-10,13-18,21-22H2,1-2H3. The van der Waals surface area contributed by atoms with Crippen molar-refractivity contribution in [3.63, 3.8) is 0 Å². The Morgan fingerprint density at radius 3 is 2.31 bits per heavy atom. The minimum atomic E-state index is 0.123. The van der Waals surface area contributed by atoms with Gasteiger partial charge < -0.3 is 9.80 Å². The first-order chi connectivity index (χ1) is 17.0. The third-order valence-electron chi connectivity index (χ3n) is 7.51. The van der Waals surface area contributed by atoms with Gasteiger partial charge in [-0.2, -0.15) is 5.10 Å². The molecule has 0 saturated carbocycles. The fourth-order valence-corrected chi connectivity index (χ4v) is 5.53. The van der Waals surface area contributed by atoms with E-state index in [0.717, 1.165) is 63.2 Å². The first-order valence-electron chi connectivity index (χ1n) is 13.4. The van der Waals surface area contributed by atoms with Crippen LogP contribution in [-0.4, -0.2) is 63.6 Å². The van der Waals surface area contributed by atoms with E-state index in [-0.39, 0.29) is 11.8 Å². The van der Waals surface area contributed by atoms with Crippen molar-refractivity contribution in [2.45, 2.75) is 84.3 Å². The number of fused-ring (bicyclic) bond motifs is 1. The van der Waals surface area contributed by atoms with E-state index < -0.39 is 0 Å². The van der Waals surface area contributed by atoms with Crippen molar-refractivity contribution in [2.75, 3.05) is 31.1 Å². The Balaban J connectivity index is 1.44. The van der Waals surface area contributed by atoms with Gasteiger partial charge in [-0.3, -0.25) is 19.2 Å². The fourth-order valence-electron chi connectivity index (χ4n) is 5.53. The molecule has 0 bridgehead atoms. The molecule has 0 N–H and O–H groups in total. The number of carbonyl (C=O) groups is 2. The number of nitrogens with zero attached hydrogens (tertiary/aromatic N) is 5. The second-order valence-electron chi connectivity index (χ2n) is 10.2. The lowest BCUT2D eigenvalue weighted by Crippen LogP contribution is -2.47. The molecule has 1 fully saturated rings. The van der Waals surface area contributed by atoms with Gasteiger partial charge in [0.15, 0.2) is 0 Å². The summed E-state index contributed by atoms with van der Waals surface area (Å²) in [5.74, 6) is 0.275. The zero-order valence-corrected chi connectivity index (χ0v) is 21.5. The molecular formula is C28H41N5O2. The third kappa shape index (κ3) is 6.94. The van der Waals surface area contributed by atoms with Crippen molar-refractivity contribution in [3.8, 4) is 0 Å². The van der Waals surface area contributed by atoms with Crippen molar-refractivity contribution in [1.29, 1.82) is 0 Å². The molecule has 1 aromatic heterocycles. The molecule has 0 unspecified atom stereocenters. The average molecular weight is 480 g/mol. The number of piperidine rings is 1. The van der Waals surface area contributed by atoms with Gasteiger partial charge in [0.25, 0.3) is 0 Å². The Morgan fingerprint density at radius 2 is 1.63 bits per heavy atom. The lowest BCUT2D eigenvalue weighted by molar-refractivity contribution is -0.133. The van der Waals surface area contributed by atoms with Crippen LogP contribution in [0.3, 0.4) is 0 Å². The van der Waals surface area contributed by atoms with Crippen molar-refractivity contribution in [1.82, 2.24) is 19.6 Å². The SMILES string of the molecule is CC(=O)N1CCCCCCCCN(C2CCN(C(=O)Cn3cc(C)cn3)CC2)Cc2ccccc21. The summed E-state index contributed by atoms with van der Waals surface area (Å²) in [6.45, 7) is 8.29. The normalized spacial score (nSPS) is 19.4. The van der Waals surface area contributed by atoms with E-state index in [2.05, 4.69) is 28.2 Å². The van der Waals surface area contributed by atoms with E-state index in [0.29, 0.717) is 12.6 Å². The monoisotopic (exact) mass is 479 g/mol. The van der Waals surface area contributed by atoms with Crippen LogP contribution in [0.5, 0.6) is 0 Å². The van der Waals surface area contributed by atoms with E-state index in [9.17, 15) is 9.59 Å². The molecule has 4 rings (SSSR count). The van der Waals surface area contributed by atoms with E-state index >= 15 is 0 Å². The maximum absolute atomic E-state index is 12.8. The highest BCUT2D eigenvalue weighted by molar-refractivity contribution is 5.92. The summed E-state index contributed by atoms with van der Waals surface area (Å²) in [5, 5.41) is 4.27. The molecule has 1 saturated heterocycles.